The summed E-state index contributed by atoms with van der Waals surface area (Å²) in [6, 6.07) is 4.92. The molecule has 2 aromatic rings. The number of hydrogen-bond acceptors (Lipinski definition) is 2. The second-order valence-electron chi connectivity index (χ2n) is 8.05. The zero-order valence-corrected chi connectivity index (χ0v) is 19.4. The van der Waals surface area contributed by atoms with Crippen LogP contribution in [0.3, 0.4) is 0 Å². The van der Waals surface area contributed by atoms with Crippen molar-refractivity contribution in [3.05, 3.63) is 43.8 Å². The molecule has 0 N–H and O–H groups in total. The Morgan fingerprint density at radius 2 is 0.963 bits per heavy atom. The van der Waals surface area contributed by atoms with E-state index in [2.05, 4.69) is 36.7 Å². The molecule has 0 aliphatic heterocycles. The predicted octanol–water partition coefficient (Wildman–Crippen LogP) is 9.21. The molecule has 0 amide bonds. The van der Waals surface area contributed by atoms with Gasteiger partial charge in [-0.15, -0.1) is 22.7 Å². The summed E-state index contributed by atoms with van der Waals surface area (Å²) in [6.07, 6.45) is 20.4. The first kappa shape index (κ1) is 22.7. The Morgan fingerprint density at radius 1 is 0.556 bits per heavy atom. The van der Waals surface area contributed by atoms with Crippen LogP contribution in [0.4, 0.5) is 0 Å². The van der Waals surface area contributed by atoms with Gasteiger partial charge in [0.25, 0.3) is 0 Å². The molecule has 0 nitrogen and oxygen atoms in total. The molecule has 0 saturated carbocycles. The standard InChI is InChI=1S/C25H40S2/c1-3-5-7-9-11-13-15-22-17-24(26-20-22)19-25-18-23(21-27-25)16-14-12-10-8-6-4-2/h17-18,20-21H,3-16,19H2,1-2H3. The van der Waals surface area contributed by atoms with Crippen LogP contribution in [0.25, 0.3) is 0 Å². The lowest BCUT2D eigenvalue weighted by molar-refractivity contribution is 0.608. The highest BCUT2D eigenvalue weighted by atomic mass is 32.1. The SMILES string of the molecule is CCCCCCCCc1csc(Cc2cc(CCCCCCCC)cs2)c1. The Labute approximate surface area is 176 Å². The minimum atomic E-state index is 1.14. The van der Waals surface area contributed by atoms with E-state index < -0.39 is 0 Å². The van der Waals surface area contributed by atoms with Gasteiger partial charge in [0.2, 0.25) is 0 Å². The highest BCUT2D eigenvalue weighted by Crippen LogP contribution is 2.25. The maximum atomic E-state index is 2.46. The molecule has 27 heavy (non-hydrogen) atoms. The molecule has 2 aromatic heterocycles. The van der Waals surface area contributed by atoms with E-state index in [4.69, 9.17) is 0 Å². The van der Waals surface area contributed by atoms with E-state index in [1.54, 1.807) is 20.9 Å². The first-order chi connectivity index (χ1) is 13.3. The lowest BCUT2D eigenvalue weighted by atomic mass is 10.1. The van der Waals surface area contributed by atoms with Gasteiger partial charge in [0, 0.05) is 16.2 Å². The molecule has 0 aliphatic rings. The quantitative estimate of drug-likeness (QED) is 0.244. The van der Waals surface area contributed by atoms with Crippen molar-refractivity contribution in [3.63, 3.8) is 0 Å². The first-order valence-corrected chi connectivity index (χ1v) is 13.2. The van der Waals surface area contributed by atoms with E-state index in [0.717, 1.165) is 6.42 Å². The van der Waals surface area contributed by atoms with Gasteiger partial charge in [-0.1, -0.05) is 78.1 Å². The van der Waals surface area contributed by atoms with Gasteiger partial charge in [-0.3, -0.25) is 0 Å². The van der Waals surface area contributed by atoms with Crippen LogP contribution >= 0.6 is 22.7 Å². The molecule has 0 saturated heterocycles. The molecule has 0 aliphatic carbocycles. The van der Waals surface area contributed by atoms with Crippen molar-refractivity contribution in [2.75, 3.05) is 0 Å². The zero-order chi connectivity index (χ0) is 19.2. The minimum Gasteiger partial charge on any atom is -0.148 e. The van der Waals surface area contributed by atoms with E-state index >= 15 is 0 Å². The third-order valence-electron chi connectivity index (χ3n) is 5.40. The van der Waals surface area contributed by atoms with E-state index in [1.165, 1.54) is 89.9 Å². The van der Waals surface area contributed by atoms with E-state index in [1.807, 2.05) is 22.7 Å². The fraction of sp³-hybridized carbons (Fsp3) is 0.680. The summed E-state index contributed by atoms with van der Waals surface area (Å²) in [5, 5.41) is 4.79. The third kappa shape index (κ3) is 9.94. The van der Waals surface area contributed by atoms with Crippen molar-refractivity contribution in [1.29, 1.82) is 0 Å². The van der Waals surface area contributed by atoms with Crippen LogP contribution in [0.5, 0.6) is 0 Å². The summed E-state index contributed by atoms with van der Waals surface area (Å²) < 4.78 is 0. The van der Waals surface area contributed by atoms with Crippen LogP contribution in [0.15, 0.2) is 22.9 Å². The van der Waals surface area contributed by atoms with Crippen LogP contribution in [0.1, 0.15) is 112 Å². The molecule has 0 fully saturated rings. The summed E-state index contributed by atoms with van der Waals surface area (Å²) in [5.41, 5.74) is 3.13. The maximum Gasteiger partial charge on any atom is 0.0163 e. The van der Waals surface area contributed by atoms with Gasteiger partial charge in [0.15, 0.2) is 0 Å². The summed E-state index contributed by atoms with van der Waals surface area (Å²) in [4.78, 5) is 3.09. The zero-order valence-electron chi connectivity index (χ0n) is 17.7. The number of hydrogen-bond donors (Lipinski definition) is 0. The topological polar surface area (TPSA) is 0 Å². The van der Waals surface area contributed by atoms with Crippen LogP contribution in [-0.2, 0) is 19.3 Å². The second kappa shape index (κ2) is 14.4. The largest absolute Gasteiger partial charge is 0.148 e. The van der Waals surface area contributed by atoms with Gasteiger partial charge in [0.1, 0.15) is 0 Å². The van der Waals surface area contributed by atoms with Crippen molar-refractivity contribution in [1.82, 2.24) is 0 Å². The van der Waals surface area contributed by atoms with Gasteiger partial charge in [0.05, 0.1) is 0 Å². The Hall–Kier alpha value is -0.600. The summed E-state index contributed by atoms with van der Waals surface area (Å²) >= 11 is 3.92. The number of unbranched alkanes of at least 4 members (excludes halogenated alkanes) is 10. The summed E-state index contributed by atoms with van der Waals surface area (Å²) in [5.74, 6) is 0. The molecular formula is C25H40S2. The Balaban J connectivity index is 1.63. The molecule has 152 valence electrons. The first-order valence-electron chi connectivity index (χ1n) is 11.4. The molecule has 0 bridgehead atoms. The third-order valence-corrected chi connectivity index (χ3v) is 7.37. The minimum absolute atomic E-state index is 1.14. The van der Waals surface area contributed by atoms with Crippen LogP contribution in [-0.4, -0.2) is 0 Å². The predicted molar refractivity (Wildman–Crippen MR) is 126 cm³/mol. The summed E-state index contributed by atoms with van der Waals surface area (Å²) in [7, 11) is 0. The average Bonchev–Trinajstić information content (AvgIpc) is 3.31. The Morgan fingerprint density at radius 3 is 1.41 bits per heavy atom. The lowest BCUT2D eigenvalue weighted by Crippen LogP contribution is -1.85. The molecule has 0 radical (unpaired) electrons. The smallest absolute Gasteiger partial charge is 0.0163 e. The van der Waals surface area contributed by atoms with Gasteiger partial charge < -0.3 is 0 Å². The molecule has 2 heteroatoms. The van der Waals surface area contributed by atoms with Crippen molar-refractivity contribution < 1.29 is 0 Å². The molecule has 2 rings (SSSR count). The maximum absolute atomic E-state index is 2.46. The molecule has 0 aromatic carbocycles. The highest BCUT2D eigenvalue weighted by Gasteiger charge is 2.05. The number of thiophene rings is 2. The molecule has 0 spiro atoms. The van der Waals surface area contributed by atoms with Gasteiger partial charge >= 0.3 is 0 Å². The van der Waals surface area contributed by atoms with Gasteiger partial charge in [-0.25, -0.2) is 0 Å². The van der Waals surface area contributed by atoms with Gasteiger partial charge in [-0.05, 0) is 59.7 Å². The normalized spacial score (nSPS) is 11.3. The molecule has 2 heterocycles. The van der Waals surface area contributed by atoms with E-state index in [9.17, 15) is 0 Å². The monoisotopic (exact) mass is 404 g/mol. The highest BCUT2D eigenvalue weighted by molar-refractivity contribution is 7.11. The Bertz CT molecular complexity index is 541. The fourth-order valence-corrected chi connectivity index (χ4v) is 5.68. The van der Waals surface area contributed by atoms with E-state index in [0.29, 0.717) is 0 Å². The van der Waals surface area contributed by atoms with E-state index in [-0.39, 0.29) is 0 Å². The molecule has 0 unspecified atom stereocenters. The van der Waals surface area contributed by atoms with Crippen molar-refractivity contribution in [3.8, 4) is 0 Å². The molecular weight excluding hydrogens is 364 g/mol. The molecule has 0 atom stereocenters. The number of rotatable bonds is 16. The van der Waals surface area contributed by atoms with Crippen LogP contribution < -0.4 is 0 Å². The van der Waals surface area contributed by atoms with Crippen LogP contribution in [0.2, 0.25) is 0 Å². The number of aryl methyl sites for hydroxylation is 2. The second-order valence-corrected chi connectivity index (χ2v) is 10.0. The Kier molecular flexibility index (Phi) is 12.1. The van der Waals surface area contributed by atoms with Crippen molar-refractivity contribution in [2.45, 2.75) is 110 Å². The summed E-state index contributed by atoms with van der Waals surface area (Å²) in [6.45, 7) is 4.58. The van der Waals surface area contributed by atoms with Crippen LogP contribution in [0, 0.1) is 0 Å². The fourth-order valence-electron chi connectivity index (χ4n) is 3.69. The average molecular weight is 405 g/mol. The van der Waals surface area contributed by atoms with Gasteiger partial charge in [-0.2, -0.15) is 0 Å². The lowest BCUT2D eigenvalue weighted by Gasteiger charge is -1.99. The van der Waals surface area contributed by atoms with Crippen molar-refractivity contribution in [2.24, 2.45) is 0 Å². The van der Waals surface area contributed by atoms with Crippen molar-refractivity contribution >= 4 is 22.7 Å².